The van der Waals surface area contributed by atoms with Crippen molar-refractivity contribution in [3.05, 3.63) is 53.4 Å². The van der Waals surface area contributed by atoms with E-state index in [0.717, 1.165) is 11.3 Å². The minimum absolute atomic E-state index is 0. The van der Waals surface area contributed by atoms with Crippen LogP contribution in [0.4, 0.5) is 4.39 Å². The highest BCUT2D eigenvalue weighted by Gasteiger charge is 2.34. The van der Waals surface area contributed by atoms with Crippen LogP contribution in [0.25, 0.3) is 16.4 Å². The molecule has 2 unspecified atom stereocenters. The van der Waals surface area contributed by atoms with Crippen molar-refractivity contribution in [1.29, 1.82) is 0 Å². The molecule has 0 spiro atoms. The van der Waals surface area contributed by atoms with Gasteiger partial charge in [-0.2, -0.15) is 0 Å². The predicted molar refractivity (Wildman–Crippen MR) is 110 cm³/mol. The number of benzene rings is 1. The molecule has 3 aromatic rings. The number of hydrogen-bond acceptors (Lipinski definition) is 5. The van der Waals surface area contributed by atoms with Gasteiger partial charge in [0.25, 0.3) is 5.91 Å². The van der Waals surface area contributed by atoms with Crippen LogP contribution in [0.3, 0.4) is 0 Å². The molecule has 6 nitrogen and oxygen atoms in total. The molecule has 0 bridgehead atoms. The van der Waals surface area contributed by atoms with Gasteiger partial charge in [-0.15, -0.1) is 28.8 Å². The lowest BCUT2D eigenvalue weighted by atomic mass is 10.1. The van der Waals surface area contributed by atoms with Gasteiger partial charge in [-0.3, -0.25) is 4.79 Å². The van der Waals surface area contributed by atoms with E-state index in [1.165, 1.54) is 28.2 Å². The summed E-state index contributed by atoms with van der Waals surface area (Å²) in [6.07, 6.45) is 0.880. The second kappa shape index (κ2) is 8.38. The lowest BCUT2D eigenvalue weighted by Gasteiger charge is -2.19. The van der Waals surface area contributed by atoms with Gasteiger partial charge < -0.3 is 10.6 Å². The highest BCUT2D eigenvalue weighted by atomic mass is 35.5. The summed E-state index contributed by atoms with van der Waals surface area (Å²) in [5, 5.41) is 6.36. The summed E-state index contributed by atoms with van der Waals surface area (Å²) in [7, 11) is 0. The van der Waals surface area contributed by atoms with E-state index in [9.17, 15) is 9.18 Å². The number of carbonyl (C=O) groups excluding carboxylic acids is 1. The third kappa shape index (κ3) is 3.80. The Morgan fingerprint density at radius 1 is 1.36 bits per heavy atom. The molecule has 9 heteroatoms. The van der Waals surface area contributed by atoms with Crippen molar-refractivity contribution >= 4 is 29.7 Å². The zero-order valence-electron chi connectivity index (χ0n) is 15.3. The summed E-state index contributed by atoms with van der Waals surface area (Å²) in [6, 6.07) is 10.0. The smallest absolute Gasteiger partial charge is 0.293 e. The molecular formula is C19H21ClFN5OS. The van der Waals surface area contributed by atoms with Gasteiger partial charge in [-0.25, -0.2) is 14.1 Å². The number of halogens is 2. The van der Waals surface area contributed by atoms with Crippen molar-refractivity contribution in [3.63, 3.8) is 0 Å². The van der Waals surface area contributed by atoms with E-state index in [2.05, 4.69) is 10.1 Å². The Morgan fingerprint density at radius 3 is 2.82 bits per heavy atom. The van der Waals surface area contributed by atoms with Crippen molar-refractivity contribution in [2.24, 2.45) is 11.7 Å². The van der Waals surface area contributed by atoms with Crippen LogP contribution < -0.4 is 5.73 Å². The van der Waals surface area contributed by atoms with E-state index >= 15 is 0 Å². The Morgan fingerprint density at radius 2 is 2.18 bits per heavy atom. The van der Waals surface area contributed by atoms with Crippen LogP contribution in [-0.2, 0) is 0 Å². The molecular weight excluding hydrogens is 401 g/mol. The first-order chi connectivity index (χ1) is 13.1. The molecule has 1 amide bonds. The maximum absolute atomic E-state index is 13.7. The minimum atomic E-state index is -0.369. The predicted octanol–water partition coefficient (Wildman–Crippen LogP) is 3.37. The van der Waals surface area contributed by atoms with Crippen LogP contribution in [0.5, 0.6) is 0 Å². The van der Waals surface area contributed by atoms with Crippen molar-refractivity contribution in [1.82, 2.24) is 19.7 Å². The van der Waals surface area contributed by atoms with Crippen molar-refractivity contribution < 1.29 is 9.18 Å². The first-order valence-electron chi connectivity index (χ1n) is 8.84. The third-order valence-corrected chi connectivity index (χ3v) is 5.71. The standard InChI is InChI=1S/C19H20FN5OS.ClH/c1-12-8-13(10-21)11-24(12)19(26)17-22-18(16-6-3-7-27-16)25(23-17)15-5-2-4-14(20)9-15;/h2-7,9,12-13H,8,10-11,21H2,1H3;1H. The number of aromatic nitrogens is 3. The summed E-state index contributed by atoms with van der Waals surface area (Å²) >= 11 is 1.49. The number of thiophene rings is 1. The van der Waals surface area contributed by atoms with E-state index in [1.807, 2.05) is 24.4 Å². The molecule has 2 atom stereocenters. The Kier molecular flexibility index (Phi) is 6.12. The fourth-order valence-electron chi connectivity index (χ4n) is 3.48. The molecule has 148 valence electrons. The molecule has 2 N–H and O–H groups in total. The maximum atomic E-state index is 13.7. The molecule has 1 aromatic carbocycles. The fraction of sp³-hybridized carbons (Fsp3) is 0.316. The zero-order chi connectivity index (χ0) is 19.0. The Hall–Kier alpha value is -2.29. The van der Waals surface area contributed by atoms with Crippen LogP contribution in [0, 0.1) is 11.7 Å². The number of nitrogens with zero attached hydrogens (tertiary/aromatic N) is 4. The monoisotopic (exact) mass is 421 g/mol. The Bertz CT molecular complexity index is 961. The average Bonchev–Trinajstić information content (AvgIpc) is 3.40. The van der Waals surface area contributed by atoms with Crippen molar-refractivity contribution in [3.8, 4) is 16.4 Å². The molecule has 1 aliphatic rings. The highest BCUT2D eigenvalue weighted by molar-refractivity contribution is 7.13. The Labute approximate surface area is 172 Å². The summed E-state index contributed by atoms with van der Waals surface area (Å²) in [5.41, 5.74) is 6.30. The van der Waals surface area contributed by atoms with E-state index < -0.39 is 0 Å². The van der Waals surface area contributed by atoms with Gasteiger partial charge in [0.2, 0.25) is 5.82 Å². The largest absolute Gasteiger partial charge is 0.333 e. The maximum Gasteiger partial charge on any atom is 0.293 e. The molecule has 3 heterocycles. The number of hydrogen-bond donors (Lipinski definition) is 1. The topological polar surface area (TPSA) is 77.0 Å². The van der Waals surface area contributed by atoms with E-state index in [0.29, 0.717) is 30.5 Å². The number of rotatable bonds is 4. The van der Waals surface area contributed by atoms with Crippen LogP contribution in [0.15, 0.2) is 41.8 Å². The van der Waals surface area contributed by atoms with Gasteiger partial charge in [0, 0.05) is 12.6 Å². The molecule has 0 radical (unpaired) electrons. The second-order valence-electron chi connectivity index (χ2n) is 6.77. The first kappa shape index (κ1) is 20.4. The van der Waals surface area contributed by atoms with Crippen molar-refractivity contribution in [2.75, 3.05) is 13.1 Å². The molecule has 2 aromatic heterocycles. The van der Waals surface area contributed by atoms with E-state index in [-0.39, 0.29) is 36.0 Å². The van der Waals surface area contributed by atoms with Crippen LogP contribution in [0.1, 0.15) is 24.0 Å². The number of amides is 1. The SMILES string of the molecule is CC1CC(CN)CN1C(=O)c1nc(-c2cccs2)n(-c2cccc(F)c2)n1.Cl. The normalized spacial score (nSPS) is 18.9. The zero-order valence-corrected chi connectivity index (χ0v) is 16.9. The van der Waals surface area contributed by atoms with Gasteiger partial charge in [0.15, 0.2) is 5.82 Å². The summed E-state index contributed by atoms with van der Waals surface area (Å²) in [6.45, 7) is 3.18. The molecule has 28 heavy (non-hydrogen) atoms. The molecule has 0 saturated carbocycles. The van der Waals surface area contributed by atoms with Crippen LogP contribution in [0.2, 0.25) is 0 Å². The average molecular weight is 422 g/mol. The lowest BCUT2D eigenvalue weighted by molar-refractivity contribution is 0.0731. The van der Waals surface area contributed by atoms with Crippen molar-refractivity contribution in [2.45, 2.75) is 19.4 Å². The Balaban J connectivity index is 0.00000225. The van der Waals surface area contributed by atoms with E-state index in [4.69, 9.17) is 5.73 Å². The summed E-state index contributed by atoms with van der Waals surface area (Å²) in [5.74, 6) is 0.359. The molecule has 1 fully saturated rings. The number of nitrogens with two attached hydrogens (primary N) is 1. The molecule has 1 aliphatic heterocycles. The highest BCUT2D eigenvalue weighted by Crippen LogP contribution is 2.28. The van der Waals surface area contributed by atoms with Gasteiger partial charge in [0.1, 0.15) is 5.82 Å². The lowest BCUT2D eigenvalue weighted by Crippen LogP contribution is -2.35. The molecule has 0 aliphatic carbocycles. The summed E-state index contributed by atoms with van der Waals surface area (Å²) in [4.78, 5) is 20.2. The van der Waals surface area contributed by atoms with E-state index in [1.54, 1.807) is 17.0 Å². The van der Waals surface area contributed by atoms with Gasteiger partial charge in [0.05, 0.1) is 10.6 Å². The van der Waals surface area contributed by atoms with Gasteiger partial charge >= 0.3 is 0 Å². The third-order valence-electron chi connectivity index (χ3n) is 4.85. The van der Waals surface area contributed by atoms with Gasteiger partial charge in [-0.1, -0.05) is 12.1 Å². The number of carbonyl (C=O) groups is 1. The molecule has 4 rings (SSSR count). The molecule has 1 saturated heterocycles. The minimum Gasteiger partial charge on any atom is -0.333 e. The number of likely N-dealkylation sites (tertiary alicyclic amines) is 1. The second-order valence-corrected chi connectivity index (χ2v) is 7.72. The summed E-state index contributed by atoms with van der Waals surface area (Å²) < 4.78 is 15.3. The van der Waals surface area contributed by atoms with Crippen LogP contribution in [-0.4, -0.2) is 44.7 Å². The fourth-order valence-corrected chi connectivity index (χ4v) is 4.18. The van der Waals surface area contributed by atoms with Gasteiger partial charge in [-0.05, 0) is 55.5 Å². The quantitative estimate of drug-likeness (QED) is 0.700. The first-order valence-corrected chi connectivity index (χ1v) is 9.72. The van der Waals surface area contributed by atoms with Crippen LogP contribution >= 0.6 is 23.7 Å².